The molecule has 0 heterocycles. The molecule has 0 aliphatic heterocycles. The van der Waals surface area contributed by atoms with Crippen LogP contribution in [0.3, 0.4) is 0 Å². The minimum absolute atomic E-state index is 0.0178. The van der Waals surface area contributed by atoms with Gasteiger partial charge in [0.1, 0.15) is 5.60 Å². The third-order valence-electron chi connectivity index (χ3n) is 2.01. The third-order valence-corrected chi connectivity index (χ3v) is 2.01. The van der Waals surface area contributed by atoms with E-state index in [-0.39, 0.29) is 11.7 Å². The molecule has 0 saturated heterocycles. The molecule has 0 radical (unpaired) electrons. The second-order valence-corrected chi connectivity index (χ2v) is 5.28. The summed E-state index contributed by atoms with van der Waals surface area (Å²) in [6.45, 7) is 12.5. The maximum absolute atomic E-state index is 11.8. The molecule has 0 rings (SSSR count). The van der Waals surface area contributed by atoms with Crippen molar-refractivity contribution >= 4 is 11.9 Å². The first-order valence-electron chi connectivity index (χ1n) is 5.81. The van der Waals surface area contributed by atoms with E-state index in [1.54, 1.807) is 40.7 Å². The topological polar surface area (TPSA) is 55.4 Å². The third kappa shape index (κ3) is 6.76. The smallest absolute Gasteiger partial charge is 0.408 e. The number of ether oxygens (including phenoxy) is 1. The van der Waals surface area contributed by atoms with Gasteiger partial charge in [0.2, 0.25) is 0 Å². The zero-order valence-electron chi connectivity index (χ0n) is 11.4. The quantitative estimate of drug-likeness (QED) is 0.753. The zero-order valence-corrected chi connectivity index (χ0v) is 11.4. The normalized spacial score (nSPS) is 13.1. The number of rotatable bonds is 5. The van der Waals surface area contributed by atoms with Gasteiger partial charge in [-0.3, -0.25) is 4.79 Å². The summed E-state index contributed by atoms with van der Waals surface area (Å²) in [5, 5.41) is 2.57. The molecular formula is C13H23NO3. The summed E-state index contributed by atoms with van der Waals surface area (Å²) in [5.74, 6) is -0.148. The van der Waals surface area contributed by atoms with Crippen LogP contribution in [0.15, 0.2) is 12.7 Å². The highest BCUT2D eigenvalue weighted by molar-refractivity contribution is 5.88. The summed E-state index contributed by atoms with van der Waals surface area (Å²) < 4.78 is 5.11. The number of alkyl carbamates (subject to hydrolysis) is 1. The van der Waals surface area contributed by atoms with E-state index in [1.165, 1.54) is 0 Å². The Hall–Kier alpha value is -1.32. The summed E-state index contributed by atoms with van der Waals surface area (Å²) in [6, 6.07) is -0.553. The molecule has 1 N–H and O–H groups in total. The van der Waals surface area contributed by atoms with Gasteiger partial charge in [0.25, 0.3) is 0 Å². The molecule has 1 amide bonds. The Labute approximate surface area is 103 Å². The Kier molecular flexibility index (Phi) is 5.93. The standard InChI is InChI=1S/C13H23NO3/c1-7-8-10(11(15)9(2)3)14-12(16)17-13(4,5)6/h7,9-10H,1,8H2,2-6H3,(H,14,16). The molecule has 1 atom stereocenters. The lowest BCUT2D eigenvalue weighted by molar-refractivity contribution is -0.123. The van der Waals surface area contributed by atoms with Crippen LogP contribution >= 0.6 is 0 Å². The molecule has 0 aromatic rings. The molecule has 0 spiro atoms. The van der Waals surface area contributed by atoms with Gasteiger partial charge in [0.05, 0.1) is 6.04 Å². The molecule has 4 nitrogen and oxygen atoms in total. The van der Waals surface area contributed by atoms with Crippen molar-refractivity contribution in [3.05, 3.63) is 12.7 Å². The van der Waals surface area contributed by atoms with Gasteiger partial charge in [-0.25, -0.2) is 4.79 Å². The van der Waals surface area contributed by atoms with E-state index < -0.39 is 17.7 Å². The molecule has 0 aliphatic rings. The van der Waals surface area contributed by atoms with Crippen molar-refractivity contribution in [2.24, 2.45) is 5.92 Å². The van der Waals surface area contributed by atoms with Crippen LogP contribution in [0.4, 0.5) is 4.79 Å². The van der Waals surface area contributed by atoms with Crippen LogP contribution in [-0.4, -0.2) is 23.5 Å². The zero-order chi connectivity index (χ0) is 13.6. The van der Waals surface area contributed by atoms with Gasteiger partial charge >= 0.3 is 6.09 Å². The Bertz CT molecular complexity index is 290. The fraction of sp³-hybridized carbons (Fsp3) is 0.692. The summed E-state index contributed by atoms with van der Waals surface area (Å²) in [5.41, 5.74) is -0.566. The van der Waals surface area contributed by atoms with Crippen molar-refractivity contribution in [3.63, 3.8) is 0 Å². The first kappa shape index (κ1) is 15.7. The van der Waals surface area contributed by atoms with Crippen molar-refractivity contribution in [2.75, 3.05) is 0 Å². The lowest BCUT2D eigenvalue weighted by atomic mass is 9.99. The second kappa shape index (κ2) is 6.42. The van der Waals surface area contributed by atoms with Crippen LogP contribution in [-0.2, 0) is 9.53 Å². The van der Waals surface area contributed by atoms with Gasteiger partial charge in [0, 0.05) is 5.92 Å². The van der Waals surface area contributed by atoms with E-state index in [9.17, 15) is 9.59 Å². The van der Waals surface area contributed by atoms with Crippen LogP contribution in [0.1, 0.15) is 41.0 Å². The minimum atomic E-state index is -0.571. The lowest BCUT2D eigenvalue weighted by Crippen LogP contribution is -2.44. The van der Waals surface area contributed by atoms with Crippen LogP contribution in [0.5, 0.6) is 0 Å². The number of carbonyl (C=O) groups is 2. The van der Waals surface area contributed by atoms with Gasteiger partial charge in [-0.15, -0.1) is 6.58 Å². The number of nitrogens with one attached hydrogen (secondary N) is 1. The molecule has 0 aromatic heterocycles. The van der Waals surface area contributed by atoms with E-state index >= 15 is 0 Å². The van der Waals surface area contributed by atoms with Crippen LogP contribution < -0.4 is 5.32 Å². The summed E-state index contributed by atoms with van der Waals surface area (Å²) >= 11 is 0. The Balaban J connectivity index is 4.50. The van der Waals surface area contributed by atoms with Crippen molar-refractivity contribution in [3.8, 4) is 0 Å². The molecule has 1 unspecified atom stereocenters. The van der Waals surface area contributed by atoms with Crippen molar-refractivity contribution in [2.45, 2.75) is 52.7 Å². The first-order valence-corrected chi connectivity index (χ1v) is 5.81. The van der Waals surface area contributed by atoms with E-state index in [2.05, 4.69) is 11.9 Å². The van der Waals surface area contributed by atoms with Gasteiger partial charge in [-0.05, 0) is 27.2 Å². The second-order valence-electron chi connectivity index (χ2n) is 5.28. The Morgan fingerprint density at radius 2 is 1.88 bits per heavy atom. The first-order chi connectivity index (χ1) is 7.67. The van der Waals surface area contributed by atoms with Crippen LogP contribution in [0, 0.1) is 5.92 Å². The number of ketones is 1. The summed E-state index contributed by atoms with van der Waals surface area (Å²) in [6.07, 6.45) is 1.46. The van der Waals surface area contributed by atoms with Gasteiger partial charge < -0.3 is 10.1 Å². The number of amides is 1. The SMILES string of the molecule is C=CCC(NC(=O)OC(C)(C)C)C(=O)C(C)C. The monoisotopic (exact) mass is 241 g/mol. The van der Waals surface area contributed by atoms with Crippen molar-refractivity contribution < 1.29 is 14.3 Å². The number of carbonyl (C=O) groups excluding carboxylic acids is 2. The average Bonchev–Trinajstić information content (AvgIpc) is 2.12. The Morgan fingerprint density at radius 3 is 2.24 bits per heavy atom. The molecule has 0 aromatic carbocycles. The summed E-state index contributed by atoms with van der Waals surface area (Å²) in [4.78, 5) is 23.4. The number of hydrogen-bond donors (Lipinski definition) is 1. The minimum Gasteiger partial charge on any atom is -0.444 e. The average molecular weight is 241 g/mol. The maximum atomic E-state index is 11.8. The molecular weight excluding hydrogens is 218 g/mol. The molecule has 0 aliphatic carbocycles. The Morgan fingerprint density at radius 1 is 1.35 bits per heavy atom. The number of hydrogen-bond acceptors (Lipinski definition) is 3. The molecule has 0 saturated carbocycles. The predicted molar refractivity (Wildman–Crippen MR) is 67.8 cm³/mol. The van der Waals surface area contributed by atoms with Gasteiger partial charge in [0.15, 0.2) is 5.78 Å². The highest BCUT2D eigenvalue weighted by atomic mass is 16.6. The maximum Gasteiger partial charge on any atom is 0.408 e. The summed E-state index contributed by atoms with van der Waals surface area (Å²) in [7, 11) is 0. The number of Topliss-reactive ketones (excluding diaryl/α,β-unsaturated/α-hetero) is 1. The molecule has 4 heteroatoms. The van der Waals surface area contributed by atoms with E-state index in [4.69, 9.17) is 4.74 Å². The molecule has 17 heavy (non-hydrogen) atoms. The van der Waals surface area contributed by atoms with E-state index in [0.717, 1.165) is 0 Å². The fourth-order valence-corrected chi connectivity index (χ4v) is 1.27. The van der Waals surface area contributed by atoms with E-state index in [0.29, 0.717) is 6.42 Å². The molecule has 98 valence electrons. The van der Waals surface area contributed by atoms with Crippen LogP contribution in [0.2, 0.25) is 0 Å². The van der Waals surface area contributed by atoms with Gasteiger partial charge in [-0.2, -0.15) is 0 Å². The van der Waals surface area contributed by atoms with E-state index in [1.807, 2.05) is 0 Å². The predicted octanol–water partition coefficient (Wildman–Crippen LogP) is 2.68. The highest BCUT2D eigenvalue weighted by Gasteiger charge is 2.24. The van der Waals surface area contributed by atoms with Crippen molar-refractivity contribution in [1.29, 1.82) is 0 Å². The molecule has 0 fully saturated rings. The highest BCUT2D eigenvalue weighted by Crippen LogP contribution is 2.09. The van der Waals surface area contributed by atoms with Crippen molar-refractivity contribution in [1.82, 2.24) is 5.32 Å². The lowest BCUT2D eigenvalue weighted by Gasteiger charge is -2.23. The molecule has 0 bridgehead atoms. The fourth-order valence-electron chi connectivity index (χ4n) is 1.27. The van der Waals surface area contributed by atoms with Gasteiger partial charge in [-0.1, -0.05) is 19.9 Å². The van der Waals surface area contributed by atoms with Crippen LogP contribution in [0.25, 0.3) is 0 Å². The largest absolute Gasteiger partial charge is 0.444 e.